The van der Waals surface area contributed by atoms with Crippen LogP contribution in [0.2, 0.25) is 0 Å². The number of aromatic nitrogens is 16. The van der Waals surface area contributed by atoms with Crippen molar-refractivity contribution in [2.75, 3.05) is 220 Å². The van der Waals surface area contributed by atoms with Gasteiger partial charge in [-0.25, -0.2) is 55.1 Å². The van der Waals surface area contributed by atoms with Crippen LogP contribution in [0.15, 0.2) is 49.1 Å². The molecule has 0 spiro atoms. The van der Waals surface area contributed by atoms with Gasteiger partial charge in [-0.3, -0.25) is 0 Å². The highest BCUT2D eigenvalue weighted by molar-refractivity contribution is 5.69. The topological polar surface area (TPSA) is 410 Å². The number of anilines is 12. The molecule has 0 amide bonds. The maximum Gasteiger partial charge on any atom is 0.264 e. The first-order chi connectivity index (χ1) is 58.4. The van der Waals surface area contributed by atoms with E-state index in [-0.39, 0.29) is 138 Å². The highest BCUT2D eigenvalue weighted by atomic mass is 19.3. The fraction of sp³-hybridized carbons (Fsp3) is 0.590. The molecular formula is C78H104F8N28O8. The van der Waals surface area contributed by atoms with Gasteiger partial charge in [0.1, 0.15) is 23.3 Å². The van der Waals surface area contributed by atoms with E-state index in [0.29, 0.717) is 206 Å². The lowest BCUT2D eigenvalue weighted by atomic mass is 10.0. The summed E-state index contributed by atoms with van der Waals surface area (Å²) >= 11 is 0. The Morgan fingerprint density at radius 2 is 0.557 bits per heavy atom. The third-order valence-electron chi connectivity index (χ3n) is 21.6. The van der Waals surface area contributed by atoms with Crippen LogP contribution < -0.4 is 62.1 Å². The Bertz CT molecular complexity index is 4640. The number of rotatable bonds is 16. The number of nitrogens with two attached hydrogens (primary N) is 4. The lowest BCUT2D eigenvalue weighted by Crippen LogP contribution is -2.54. The Morgan fingerprint density at radius 3 is 0.861 bits per heavy atom. The molecule has 16 heterocycles. The number of hydrogen-bond acceptors (Lipinski definition) is 36. The Labute approximate surface area is 700 Å². The Hall–Kier alpha value is -10.6. The first kappa shape index (κ1) is 89.1. The molecule has 8 aliphatic rings. The van der Waals surface area contributed by atoms with Crippen molar-refractivity contribution in [2.45, 2.75) is 142 Å². The van der Waals surface area contributed by atoms with Gasteiger partial charge in [0.05, 0.1) is 153 Å². The van der Waals surface area contributed by atoms with Crippen LogP contribution in [-0.2, 0) is 37.9 Å². The van der Waals surface area contributed by atoms with Crippen LogP contribution in [0.4, 0.5) is 106 Å². The summed E-state index contributed by atoms with van der Waals surface area (Å²) in [6.07, 6.45) is -5.77. The van der Waals surface area contributed by atoms with Gasteiger partial charge in [-0.05, 0) is 93.5 Å². The van der Waals surface area contributed by atoms with Crippen molar-refractivity contribution >= 4 is 70.9 Å². The predicted octanol–water partition coefficient (Wildman–Crippen LogP) is 8.39. The number of ether oxygens (including phenoxy) is 8. The van der Waals surface area contributed by atoms with Crippen molar-refractivity contribution in [1.82, 2.24) is 79.7 Å². The first-order valence-corrected chi connectivity index (χ1v) is 40.4. The molecule has 16 rings (SSSR count). The maximum absolute atomic E-state index is 13.8. The van der Waals surface area contributed by atoms with Crippen LogP contribution in [0.25, 0.3) is 45.6 Å². The monoisotopic (exact) mass is 1710 g/mol. The summed E-state index contributed by atoms with van der Waals surface area (Å²) in [5.74, 6) is 4.08. The van der Waals surface area contributed by atoms with Crippen molar-refractivity contribution in [3.63, 3.8) is 0 Å². The van der Waals surface area contributed by atoms with E-state index in [1.165, 1.54) is 36.9 Å². The molecule has 8 N–H and O–H groups in total. The van der Waals surface area contributed by atoms with E-state index in [1.807, 2.05) is 104 Å². The van der Waals surface area contributed by atoms with Crippen molar-refractivity contribution < 1.29 is 73.0 Å². The maximum atomic E-state index is 13.8. The lowest BCUT2D eigenvalue weighted by molar-refractivity contribution is 0.0633. The molecule has 8 aromatic rings. The van der Waals surface area contributed by atoms with Crippen molar-refractivity contribution in [2.24, 2.45) is 0 Å². The molecule has 8 aliphatic heterocycles. The molecule has 0 bridgehead atoms. The number of hydrogen-bond donors (Lipinski definition) is 4. The third kappa shape index (κ3) is 21.0. The number of halogens is 8. The fourth-order valence-electron chi connectivity index (χ4n) is 15.0. The fourth-order valence-corrected chi connectivity index (χ4v) is 15.0. The van der Waals surface area contributed by atoms with Crippen LogP contribution >= 0.6 is 0 Å². The molecule has 122 heavy (non-hydrogen) atoms. The predicted molar refractivity (Wildman–Crippen MR) is 440 cm³/mol. The van der Waals surface area contributed by atoms with E-state index in [4.69, 9.17) is 70.8 Å². The van der Waals surface area contributed by atoms with E-state index >= 15 is 0 Å². The second kappa shape index (κ2) is 39.3. The standard InChI is InChI=1S/2C20H27F2N7O2.2C19H25F2N7O2/c1-12-10-30-6-4-28(12)18-25-17(14-9-24-15(23)8-13(14)16(21)22)26-19(27-18)29-5-7-31-11-20(29,2)3;1-11-8-30-5-4-28(11)19-25-18(15-7-24-16(23)6-14(15)17(21)22)26-20(27-19)29-12(2)9-31-10-13(29)3;1-19(2)11-30-8-5-28(19)18-25-16(13-10-23-14(22)9-12(13)15(20)21)24-17(26-18)27-3-6-29-7-4-27;1-11-9-29-5-3-27(11)18-24-17(14-8-23-15(22)7-13(14)16(20)21)25-19(26-18)28-4-6-30-10-12(28)2/h8-9,12,16H,4-7,10-11H2,1-3H3,(H2,23,24);6-7,11-13,17H,4-5,8-10H2,1-3H3,(H2,23,24);9-10,15H,3-8,11H2,1-2H3,(H2,22,23);7-8,11-12,16H,3-6,9-10H2,1-2H3,(H2,22,23)/t12-;11-,12-,13+;;11-,12-/m11.1/s1. The summed E-state index contributed by atoms with van der Waals surface area (Å²) in [6.45, 7) is 33.5. The molecule has 660 valence electrons. The van der Waals surface area contributed by atoms with Gasteiger partial charge < -0.3 is 100 Å². The summed E-state index contributed by atoms with van der Waals surface area (Å²) in [5, 5.41) is 0. The molecular weight excluding hydrogens is 1610 g/mol. The molecule has 0 aromatic carbocycles. The van der Waals surface area contributed by atoms with Gasteiger partial charge in [0, 0.05) is 122 Å². The second-order valence-electron chi connectivity index (χ2n) is 31.8. The first-order valence-electron chi connectivity index (χ1n) is 40.4. The van der Waals surface area contributed by atoms with E-state index in [1.54, 1.807) is 0 Å². The molecule has 0 unspecified atom stereocenters. The molecule has 8 aromatic heterocycles. The van der Waals surface area contributed by atoms with Gasteiger partial charge in [-0.2, -0.15) is 59.8 Å². The largest absolute Gasteiger partial charge is 0.384 e. The molecule has 0 aliphatic carbocycles. The number of morpholine rings is 8. The highest BCUT2D eigenvalue weighted by Gasteiger charge is 2.39. The summed E-state index contributed by atoms with van der Waals surface area (Å²) in [4.78, 5) is 87.5. The minimum Gasteiger partial charge on any atom is -0.384 e. The normalized spacial score (nSPS) is 22.0. The Morgan fingerprint density at radius 1 is 0.303 bits per heavy atom. The van der Waals surface area contributed by atoms with E-state index < -0.39 is 25.7 Å². The smallest absolute Gasteiger partial charge is 0.264 e. The number of nitrogen functional groups attached to an aromatic ring is 4. The van der Waals surface area contributed by atoms with Gasteiger partial charge in [0.15, 0.2) is 23.3 Å². The molecule has 36 nitrogen and oxygen atoms in total. The second-order valence-corrected chi connectivity index (χ2v) is 31.8. The third-order valence-corrected chi connectivity index (χ3v) is 21.6. The zero-order valence-electron chi connectivity index (χ0n) is 69.7. The van der Waals surface area contributed by atoms with Gasteiger partial charge in [0.25, 0.3) is 25.7 Å². The Kier molecular flexibility index (Phi) is 28.7. The summed E-state index contributed by atoms with van der Waals surface area (Å²) in [6, 6.07) is 4.87. The zero-order chi connectivity index (χ0) is 86.8. The summed E-state index contributed by atoms with van der Waals surface area (Å²) in [7, 11) is 0. The zero-order valence-corrected chi connectivity index (χ0v) is 69.7. The summed E-state index contributed by atoms with van der Waals surface area (Å²) < 4.78 is 154. The SMILES string of the molecule is CC1(C)COCCN1c1nc(-c2cnc(N)cc2C(F)F)nc(N2CCOCC2)n1.C[C@@H]1COCCN1c1nc(-c2cnc(N)cc2C(F)F)nc(N2CCOCC2(C)C)n1.C[C@@H]1COCCN1c1nc(-c2cnc(N)cc2C(F)F)nc(N2CCOC[C@H]2C)n1.C[C@@H]1COCCN1c1nc(-c2cnc(N)cc2C(F)F)nc(N2[C@H](C)COC[C@@H]2C)n1. The van der Waals surface area contributed by atoms with Crippen LogP contribution in [0.3, 0.4) is 0 Å². The van der Waals surface area contributed by atoms with Crippen LogP contribution in [0.5, 0.6) is 0 Å². The lowest BCUT2D eigenvalue weighted by Gasteiger charge is -2.42. The number of pyridine rings is 4. The van der Waals surface area contributed by atoms with Crippen molar-refractivity contribution in [3.05, 3.63) is 71.3 Å². The minimum absolute atomic E-state index is 0.0182. The molecule has 0 radical (unpaired) electrons. The van der Waals surface area contributed by atoms with Gasteiger partial charge in [-0.15, -0.1) is 0 Å². The van der Waals surface area contributed by atoms with Crippen molar-refractivity contribution in [1.29, 1.82) is 0 Å². The summed E-state index contributed by atoms with van der Waals surface area (Å²) in [5.41, 5.74) is 21.4. The van der Waals surface area contributed by atoms with Crippen LogP contribution in [0, 0.1) is 0 Å². The van der Waals surface area contributed by atoms with Gasteiger partial charge in [-0.1, -0.05) is 0 Å². The average Bonchev–Trinajstić information content (AvgIpc) is 0.781. The molecule has 6 atom stereocenters. The van der Waals surface area contributed by atoms with E-state index in [0.717, 1.165) is 12.1 Å². The molecule has 0 saturated carbocycles. The quantitative estimate of drug-likeness (QED) is 0.0659. The molecule has 8 fully saturated rings. The minimum atomic E-state index is -2.74. The van der Waals surface area contributed by atoms with Gasteiger partial charge >= 0.3 is 0 Å². The number of nitrogens with zero attached hydrogens (tertiary/aromatic N) is 24. The Balaban J connectivity index is 0.000000140. The van der Waals surface area contributed by atoms with E-state index in [2.05, 4.69) is 74.7 Å². The molecule has 8 saturated heterocycles. The average molecular weight is 1710 g/mol. The van der Waals surface area contributed by atoms with Gasteiger partial charge in [0.2, 0.25) is 47.6 Å². The van der Waals surface area contributed by atoms with Crippen LogP contribution in [0.1, 0.15) is 117 Å². The van der Waals surface area contributed by atoms with E-state index in [9.17, 15) is 35.1 Å². The van der Waals surface area contributed by atoms with Crippen LogP contribution in [-0.4, -0.2) is 285 Å². The number of alkyl halides is 8. The van der Waals surface area contributed by atoms with Crippen molar-refractivity contribution in [3.8, 4) is 45.6 Å². The highest BCUT2D eigenvalue weighted by Crippen LogP contribution is 2.40. The molecule has 44 heteroatoms.